The highest BCUT2D eigenvalue weighted by Gasteiger charge is 2.18. The predicted octanol–water partition coefficient (Wildman–Crippen LogP) is 1.62. The van der Waals surface area contributed by atoms with E-state index in [4.69, 9.17) is 5.73 Å². The van der Waals surface area contributed by atoms with Crippen LogP contribution in [0.4, 0.5) is 5.13 Å². The normalized spacial score (nSPS) is 13.6. The number of nitrogen functional groups attached to an aromatic ring is 1. The van der Waals surface area contributed by atoms with Gasteiger partial charge in [-0.2, -0.15) is 0 Å². The van der Waals surface area contributed by atoms with Gasteiger partial charge in [-0.25, -0.2) is 4.98 Å². The number of rotatable bonds is 6. The molecule has 2 unspecified atom stereocenters. The molecule has 1 aromatic heterocycles. The van der Waals surface area contributed by atoms with Crippen molar-refractivity contribution in [1.82, 2.24) is 10.3 Å². The van der Waals surface area contributed by atoms with Crippen LogP contribution in [0.2, 0.25) is 0 Å². The Labute approximate surface area is 139 Å². The third-order valence-corrected chi connectivity index (χ3v) is 4.32. The van der Waals surface area contributed by atoms with E-state index in [2.05, 4.69) is 10.3 Å². The van der Waals surface area contributed by atoms with Crippen LogP contribution in [0.3, 0.4) is 0 Å². The SMILES string of the molecule is CC(=O)NCCC(O)C(O)c1ccc(-c2nc(N)sc2C)cc1. The van der Waals surface area contributed by atoms with Gasteiger partial charge < -0.3 is 21.3 Å². The molecule has 0 aliphatic rings. The number of carbonyl (C=O) groups is 1. The van der Waals surface area contributed by atoms with Gasteiger partial charge in [0.25, 0.3) is 0 Å². The maximum absolute atomic E-state index is 10.8. The van der Waals surface area contributed by atoms with Crippen LogP contribution in [-0.2, 0) is 4.79 Å². The molecule has 124 valence electrons. The number of amides is 1. The summed E-state index contributed by atoms with van der Waals surface area (Å²) in [5.41, 5.74) is 8.07. The summed E-state index contributed by atoms with van der Waals surface area (Å²) in [6.07, 6.45) is -1.66. The molecular formula is C16H21N3O3S. The molecular weight excluding hydrogens is 314 g/mol. The smallest absolute Gasteiger partial charge is 0.216 e. The van der Waals surface area contributed by atoms with Crippen molar-refractivity contribution in [2.45, 2.75) is 32.5 Å². The van der Waals surface area contributed by atoms with Gasteiger partial charge >= 0.3 is 0 Å². The molecule has 0 saturated carbocycles. The summed E-state index contributed by atoms with van der Waals surface area (Å²) >= 11 is 1.43. The summed E-state index contributed by atoms with van der Waals surface area (Å²) in [4.78, 5) is 16.1. The molecule has 7 heteroatoms. The Hall–Kier alpha value is -1.96. The first-order valence-corrected chi connectivity index (χ1v) is 8.14. The van der Waals surface area contributed by atoms with E-state index in [1.54, 1.807) is 12.1 Å². The van der Waals surface area contributed by atoms with Crippen LogP contribution in [0.1, 0.15) is 29.9 Å². The van der Waals surface area contributed by atoms with Gasteiger partial charge in [0.15, 0.2) is 5.13 Å². The van der Waals surface area contributed by atoms with Gasteiger partial charge in [-0.05, 0) is 18.9 Å². The quantitative estimate of drug-likeness (QED) is 0.641. The molecule has 1 amide bonds. The van der Waals surface area contributed by atoms with Crippen molar-refractivity contribution >= 4 is 22.4 Å². The van der Waals surface area contributed by atoms with Crippen molar-refractivity contribution in [3.8, 4) is 11.3 Å². The van der Waals surface area contributed by atoms with Gasteiger partial charge in [0.2, 0.25) is 5.91 Å². The molecule has 0 radical (unpaired) electrons. The highest BCUT2D eigenvalue weighted by atomic mass is 32.1. The van der Waals surface area contributed by atoms with Crippen LogP contribution < -0.4 is 11.1 Å². The second-order valence-electron chi connectivity index (χ2n) is 5.36. The number of nitrogens with two attached hydrogens (primary N) is 1. The second kappa shape index (κ2) is 7.54. The number of nitrogens with zero attached hydrogens (tertiary/aromatic N) is 1. The second-order valence-corrected chi connectivity index (χ2v) is 6.60. The predicted molar refractivity (Wildman–Crippen MR) is 91.0 cm³/mol. The van der Waals surface area contributed by atoms with Crippen LogP contribution in [0.5, 0.6) is 0 Å². The van der Waals surface area contributed by atoms with E-state index < -0.39 is 12.2 Å². The average Bonchev–Trinajstić information content (AvgIpc) is 2.85. The minimum Gasteiger partial charge on any atom is -0.390 e. The first-order valence-electron chi connectivity index (χ1n) is 7.32. The average molecular weight is 335 g/mol. The number of aryl methyl sites for hydroxylation is 1. The Morgan fingerprint density at radius 2 is 2.00 bits per heavy atom. The minimum absolute atomic E-state index is 0.158. The number of benzene rings is 1. The molecule has 0 bridgehead atoms. The molecule has 5 N–H and O–H groups in total. The third-order valence-electron chi connectivity index (χ3n) is 3.52. The van der Waals surface area contributed by atoms with Gasteiger partial charge in [0.1, 0.15) is 6.10 Å². The number of hydrogen-bond donors (Lipinski definition) is 4. The Morgan fingerprint density at radius 1 is 1.35 bits per heavy atom. The molecule has 0 aliphatic heterocycles. The Kier molecular flexibility index (Phi) is 5.70. The van der Waals surface area contributed by atoms with Crippen LogP contribution in [0.25, 0.3) is 11.3 Å². The van der Waals surface area contributed by atoms with E-state index in [1.807, 2.05) is 19.1 Å². The largest absolute Gasteiger partial charge is 0.390 e. The fourth-order valence-electron chi connectivity index (χ4n) is 2.30. The van der Waals surface area contributed by atoms with Crippen molar-refractivity contribution in [3.63, 3.8) is 0 Å². The fourth-order valence-corrected chi connectivity index (χ4v) is 3.01. The van der Waals surface area contributed by atoms with E-state index >= 15 is 0 Å². The molecule has 1 aromatic carbocycles. The molecule has 2 aromatic rings. The minimum atomic E-state index is -1.00. The molecule has 2 rings (SSSR count). The zero-order chi connectivity index (χ0) is 17.0. The van der Waals surface area contributed by atoms with Crippen molar-refractivity contribution in [1.29, 1.82) is 0 Å². The molecule has 0 saturated heterocycles. The van der Waals surface area contributed by atoms with Crippen LogP contribution >= 0.6 is 11.3 Å². The first kappa shape index (κ1) is 17.4. The maximum atomic E-state index is 10.8. The maximum Gasteiger partial charge on any atom is 0.216 e. The van der Waals surface area contributed by atoms with Crippen LogP contribution in [0.15, 0.2) is 24.3 Å². The van der Waals surface area contributed by atoms with E-state index in [-0.39, 0.29) is 12.3 Å². The van der Waals surface area contributed by atoms with Crippen molar-refractivity contribution in [2.24, 2.45) is 0 Å². The Morgan fingerprint density at radius 3 is 2.52 bits per heavy atom. The molecule has 2 atom stereocenters. The molecule has 1 heterocycles. The van der Waals surface area contributed by atoms with Crippen molar-refractivity contribution in [3.05, 3.63) is 34.7 Å². The van der Waals surface area contributed by atoms with Gasteiger partial charge in [0, 0.05) is 23.9 Å². The number of carbonyl (C=O) groups excluding carboxylic acids is 1. The number of thiazole rings is 1. The lowest BCUT2D eigenvalue weighted by atomic mass is 10.00. The Bertz CT molecular complexity index is 670. The van der Waals surface area contributed by atoms with Crippen molar-refractivity contribution in [2.75, 3.05) is 12.3 Å². The van der Waals surface area contributed by atoms with Gasteiger partial charge in [-0.1, -0.05) is 24.3 Å². The van der Waals surface area contributed by atoms with Gasteiger partial charge in [-0.3, -0.25) is 4.79 Å². The van der Waals surface area contributed by atoms with Crippen LogP contribution in [0, 0.1) is 6.92 Å². The molecule has 0 fully saturated rings. The zero-order valence-corrected chi connectivity index (χ0v) is 13.9. The third kappa shape index (κ3) is 4.51. The number of nitrogens with one attached hydrogen (secondary N) is 1. The summed E-state index contributed by atoms with van der Waals surface area (Å²) < 4.78 is 0. The zero-order valence-electron chi connectivity index (χ0n) is 13.1. The summed E-state index contributed by atoms with van der Waals surface area (Å²) in [5.74, 6) is -0.158. The summed E-state index contributed by atoms with van der Waals surface area (Å²) in [6.45, 7) is 3.69. The first-order chi connectivity index (χ1) is 10.9. The van der Waals surface area contributed by atoms with E-state index in [9.17, 15) is 15.0 Å². The number of aliphatic hydroxyl groups excluding tert-OH is 2. The summed E-state index contributed by atoms with van der Waals surface area (Å²) in [7, 11) is 0. The molecule has 0 aliphatic carbocycles. The van der Waals surface area contributed by atoms with E-state index in [0.29, 0.717) is 17.2 Å². The number of aromatic nitrogens is 1. The van der Waals surface area contributed by atoms with Gasteiger partial charge in [-0.15, -0.1) is 11.3 Å². The standard InChI is InChI=1S/C16H21N3O3S/c1-9-14(19-16(17)23-9)11-3-5-12(6-4-11)15(22)13(21)7-8-18-10(2)20/h3-6,13,15,21-22H,7-8H2,1-2H3,(H2,17,19)(H,18,20). The van der Waals surface area contributed by atoms with Gasteiger partial charge in [0.05, 0.1) is 11.8 Å². The number of anilines is 1. The Balaban J connectivity index is 2.03. The number of aliphatic hydroxyl groups is 2. The molecule has 0 spiro atoms. The van der Waals surface area contributed by atoms with E-state index in [0.717, 1.165) is 16.1 Å². The number of hydrogen-bond acceptors (Lipinski definition) is 6. The highest BCUT2D eigenvalue weighted by Crippen LogP contribution is 2.30. The lowest BCUT2D eigenvalue weighted by molar-refractivity contribution is -0.119. The van der Waals surface area contributed by atoms with E-state index in [1.165, 1.54) is 18.3 Å². The van der Waals surface area contributed by atoms with Crippen LogP contribution in [-0.4, -0.2) is 33.8 Å². The monoisotopic (exact) mass is 335 g/mol. The topological polar surface area (TPSA) is 108 Å². The highest BCUT2D eigenvalue weighted by molar-refractivity contribution is 7.15. The summed E-state index contributed by atoms with van der Waals surface area (Å²) in [5, 5.41) is 23.3. The molecule has 6 nitrogen and oxygen atoms in total. The van der Waals surface area contributed by atoms with Crippen molar-refractivity contribution < 1.29 is 15.0 Å². The molecule has 23 heavy (non-hydrogen) atoms. The fraction of sp³-hybridized carbons (Fsp3) is 0.375. The summed E-state index contributed by atoms with van der Waals surface area (Å²) in [6, 6.07) is 7.22. The lowest BCUT2D eigenvalue weighted by Gasteiger charge is -2.18. The lowest BCUT2D eigenvalue weighted by Crippen LogP contribution is -2.27.